The van der Waals surface area contributed by atoms with E-state index in [-0.39, 0.29) is 19.1 Å². The van der Waals surface area contributed by atoms with Crippen molar-refractivity contribution in [2.75, 3.05) is 13.7 Å². The van der Waals surface area contributed by atoms with E-state index in [1.54, 1.807) is 20.8 Å². The highest BCUT2D eigenvalue weighted by atomic mass is 32.2. The Kier molecular flexibility index (Phi) is 4.37. The number of hydrogen-bond acceptors (Lipinski definition) is 4. The van der Waals surface area contributed by atoms with Crippen molar-refractivity contribution >= 4 is 16.2 Å². The minimum Gasteiger partial charge on any atom is -0.480 e. The zero-order valence-electron chi connectivity index (χ0n) is 11.0. The van der Waals surface area contributed by atoms with Gasteiger partial charge in [0.15, 0.2) is 0 Å². The number of rotatable bonds is 4. The molecule has 0 spiro atoms. The quantitative estimate of drug-likeness (QED) is 0.743. The Balaban J connectivity index is 2.95. The van der Waals surface area contributed by atoms with Crippen molar-refractivity contribution in [1.29, 1.82) is 0 Å². The van der Waals surface area contributed by atoms with Crippen molar-refractivity contribution in [2.45, 2.75) is 44.9 Å². The predicted octanol–water partition coefficient (Wildman–Crippen LogP) is -0.207. The summed E-state index contributed by atoms with van der Waals surface area (Å²) in [6.07, 6.45) is -0.223. The van der Waals surface area contributed by atoms with Crippen LogP contribution in [0.15, 0.2) is 0 Å². The molecule has 18 heavy (non-hydrogen) atoms. The van der Waals surface area contributed by atoms with E-state index in [1.807, 2.05) is 0 Å². The van der Waals surface area contributed by atoms with Gasteiger partial charge in [-0.3, -0.25) is 4.79 Å². The Bertz CT molecular complexity index is 414. The number of nitrogens with zero attached hydrogens (tertiary/aromatic N) is 1. The van der Waals surface area contributed by atoms with E-state index in [0.717, 1.165) is 4.31 Å². The third kappa shape index (κ3) is 3.64. The zero-order valence-corrected chi connectivity index (χ0v) is 11.8. The third-order valence-corrected chi connectivity index (χ3v) is 4.47. The Morgan fingerprint density at radius 1 is 1.44 bits per heavy atom. The van der Waals surface area contributed by atoms with Crippen LogP contribution in [0.3, 0.4) is 0 Å². The molecule has 1 rings (SSSR count). The van der Waals surface area contributed by atoms with Crippen LogP contribution in [0.4, 0.5) is 0 Å². The fourth-order valence-electron chi connectivity index (χ4n) is 1.88. The van der Waals surface area contributed by atoms with Gasteiger partial charge in [-0.2, -0.15) is 17.4 Å². The molecule has 0 aliphatic carbocycles. The molecule has 0 amide bonds. The Hall–Kier alpha value is -0.700. The Labute approximate surface area is 107 Å². The van der Waals surface area contributed by atoms with E-state index >= 15 is 0 Å². The zero-order chi connectivity index (χ0) is 14.1. The molecule has 0 radical (unpaired) electrons. The summed E-state index contributed by atoms with van der Waals surface area (Å²) in [5.74, 6) is -1.16. The van der Waals surface area contributed by atoms with Crippen molar-refractivity contribution < 1.29 is 23.1 Å². The van der Waals surface area contributed by atoms with Crippen molar-refractivity contribution in [3.05, 3.63) is 0 Å². The average molecular weight is 280 g/mol. The lowest BCUT2D eigenvalue weighted by Gasteiger charge is -2.27. The first kappa shape index (κ1) is 15.4. The monoisotopic (exact) mass is 280 g/mol. The number of nitrogens with one attached hydrogen (secondary N) is 1. The summed E-state index contributed by atoms with van der Waals surface area (Å²) in [7, 11) is -2.39. The van der Waals surface area contributed by atoms with Crippen LogP contribution in [-0.4, -0.2) is 55.1 Å². The van der Waals surface area contributed by atoms with E-state index in [9.17, 15) is 13.2 Å². The Morgan fingerprint density at radius 2 is 2.00 bits per heavy atom. The molecule has 1 fully saturated rings. The molecular weight excluding hydrogens is 260 g/mol. The standard InChI is InChI=1S/C10H20N2O5S/c1-10(2,3)11-18(15,16)12-6-7(17-4)5-8(12)9(13)14/h7-8,11H,5-6H2,1-4H3,(H,13,14). The first-order valence-electron chi connectivity index (χ1n) is 5.63. The van der Waals surface area contributed by atoms with Crippen molar-refractivity contribution in [3.8, 4) is 0 Å². The van der Waals surface area contributed by atoms with E-state index in [0.29, 0.717) is 0 Å². The average Bonchev–Trinajstić information content (AvgIpc) is 2.57. The second-order valence-electron chi connectivity index (χ2n) is 5.37. The molecule has 2 N–H and O–H groups in total. The minimum absolute atomic E-state index is 0.0544. The highest BCUT2D eigenvalue weighted by molar-refractivity contribution is 7.87. The van der Waals surface area contributed by atoms with Gasteiger partial charge < -0.3 is 9.84 Å². The maximum absolute atomic E-state index is 12.1. The number of ether oxygens (including phenoxy) is 1. The second-order valence-corrected chi connectivity index (χ2v) is 7.00. The number of aliphatic carboxylic acids is 1. The highest BCUT2D eigenvalue weighted by Crippen LogP contribution is 2.23. The molecule has 2 unspecified atom stereocenters. The fraction of sp³-hybridized carbons (Fsp3) is 0.900. The van der Waals surface area contributed by atoms with Crippen LogP contribution in [0, 0.1) is 0 Å². The van der Waals surface area contributed by atoms with Gasteiger partial charge in [0.05, 0.1) is 6.10 Å². The first-order valence-corrected chi connectivity index (χ1v) is 7.07. The SMILES string of the molecule is COC1CC(C(=O)O)N(S(=O)(=O)NC(C)(C)C)C1. The molecule has 0 aromatic rings. The lowest BCUT2D eigenvalue weighted by Crippen LogP contribution is -2.52. The Morgan fingerprint density at radius 3 is 2.39 bits per heavy atom. The summed E-state index contributed by atoms with van der Waals surface area (Å²) in [6.45, 7) is 5.15. The molecule has 2 atom stereocenters. The van der Waals surface area contributed by atoms with E-state index in [2.05, 4.69) is 4.72 Å². The molecule has 1 aliphatic rings. The smallest absolute Gasteiger partial charge is 0.322 e. The summed E-state index contributed by atoms with van der Waals surface area (Å²) in [6, 6.07) is -1.07. The van der Waals surface area contributed by atoms with Crippen molar-refractivity contribution in [2.24, 2.45) is 0 Å². The molecule has 1 aliphatic heterocycles. The summed E-state index contributed by atoms with van der Waals surface area (Å²) >= 11 is 0. The first-order chi connectivity index (χ1) is 8.07. The summed E-state index contributed by atoms with van der Waals surface area (Å²) in [5.41, 5.74) is -0.660. The molecule has 0 aromatic heterocycles. The molecule has 106 valence electrons. The summed E-state index contributed by atoms with van der Waals surface area (Å²) < 4.78 is 32.7. The summed E-state index contributed by atoms with van der Waals surface area (Å²) in [5, 5.41) is 9.07. The van der Waals surface area contributed by atoms with Gasteiger partial charge in [0, 0.05) is 25.6 Å². The van der Waals surface area contributed by atoms with Gasteiger partial charge in [0.25, 0.3) is 10.2 Å². The lowest BCUT2D eigenvalue weighted by atomic mass is 10.1. The number of carboxylic acid groups (broad SMARTS) is 1. The molecule has 7 nitrogen and oxygen atoms in total. The minimum atomic E-state index is -3.83. The molecule has 8 heteroatoms. The number of carboxylic acids is 1. The molecule has 1 heterocycles. The van der Waals surface area contributed by atoms with Crippen LogP contribution in [0.1, 0.15) is 27.2 Å². The molecular formula is C10H20N2O5S. The van der Waals surface area contributed by atoms with Crippen LogP contribution >= 0.6 is 0 Å². The van der Waals surface area contributed by atoms with Gasteiger partial charge in [-0.25, -0.2) is 0 Å². The van der Waals surface area contributed by atoms with Crippen LogP contribution in [-0.2, 0) is 19.7 Å². The van der Waals surface area contributed by atoms with E-state index in [1.165, 1.54) is 7.11 Å². The van der Waals surface area contributed by atoms with Crippen molar-refractivity contribution in [3.63, 3.8) is 0 Å². The van der Waals surface area contributed by atoms with Gasteiger partial charge in [-0.15, -0.1) is 0 Å². The summed E-state index contributed by atoms with van der Waals surface area (Å²) in [4.78, 5) is 11.1. The van der Waals surface area contributed by atoms with Gasteiger partial charge in [0.1, 0.15) is 6.04 Å². The highest BCUT2D eigenvalue weighted by Gasteiger charge is 2.44. The normalized spacial score (nSPS) is 26.4. The van der Waals surface area contributed by atoms with Gasteiger partial charge in [-0.1, -0.05) is 0 Å². The van der Waals surface area contributed by atoms with Crippen LogP contribution in [0.5, 0.6) is 0 Å². The van der Waals surface area contributed by atoms with Crippen LogP contribution in [0.25, 0.3) is 0 Å². The van der Waals surface area contributed by atoms with E-state index in [4.69, 9.17) is 9.84 Å². The maximum atomic E-state index is 12.1. The number of methoxy groups -OCH3 is 1. The number of carbonyl (C=O) groups is 1. The maximum Gasteiger partial charge on any atom is 0.322 e. The van der Waals surface area contributed by atoms with Gasteiger partial charge >= 0.3 is 5.97 Å². The van der Waals surface area contributed by atoms with Crippen molar-refractivity contribution in [1.82, 2.24) is 9.03 Å². The van der Waals surface area contributed by atoms with Gasteiger partial charge in [-0.05, 0) is 20.8 Å². The topological polar surface area (TPSA) is 95.9 Å². The molecule has 1 saturated heterocycles. The fourth-order valence-corrected chi connectivity index (χ4v) is 3.64. The van der Waals surface area contributed by atoms with Crippen LogP contribution in [0.2, 0.25) is 0 Å². The second kappa shape index (κ2) is 5.12. The lowest BCUT2D eigenvalue weighted by molar-refractivity contribution is -0.140. The third-order valence-electron chi connectivity index (χ3n) is 2.58. The molecule has 0 aromatic carbocycles. The molecule has 0 bridgehead atoms. The van der Waals surface area contributed by atoms with Crippen LogP contribution < -0.4 is 4.72 Å². The largest absolute Gasteiger partial charge is 0.480 e. The number of hydrogen-bond donors (Lipinski definition) is 2. The van der Waals surface area contributed by atoms with E-state index < -0.39 is 27.8 Å². The predicted molar refractivity (Wildman–Crippen MR) is 65.4 cm³/mol. The molecule has 0 saturated carbocycles. The van der Waals surface area contributed by atoms with Gasteiger partial charge in [0.2, 0.25) is 0 Å².